The van der Waals surface area contributed by atoms with Gasteiger partial charge >= 0.3 is 0 Å². The number of fused-ring (bicyclic) bond motifs is 1. The van der Waals surface area contributed by atoms with E-state index in [1.807, 2.05) is 6.07 Å². The first-order chi connectivity index (χ1) is 11.8. The van der Waals surface area contributed by atoms with Gasteiger partial charge in [0, 0.05) is 17.8 Å². The Bertz CT molecular complexity index is 1040. The van der Waals surface area contributed by atoms with Crippen molar-refractivity contribution in [3.05, 3.63) is 59.1 Å². The topological polar surface area (TPSA) is 81.1 Å². The molecule has 0 aliphatic carbocycles. The zero-order chi connectivity index (χ0) is 18.0. The summed E-state index contributed by atoms with van der Waals surface area (Å²) in [4.78, 5) is 16.4. The van der Waals surface area contributed by atoms with E-state index >= 15 is 0 Å². The molecule has 2 aromatic carbocycles. The van der Waals surface area contributed by atoms with Gasteiger partial charge in [-0.2, -0.15) is 0 Å². The van der Waals surface area contributed by atoms with Crippen LogP contribution in [0.5, 0.6) is 0 Å². The Morgan fingerprint density at radius 1 is 1.20 bits per heavy atom. The van der Waals surface area contributed by atoms with E-state index in [9.17, 15) is 13.2 Å². The Labute approximate surface area is 150 Å². The van der Waals surface area contributed by atoms with Gasteiger partial charge in [0.15, 0.2) is 0 Å². The standard InChI is InChI=1S/C17H16ClN3O3S/c1-25(23,24)17-20-14-7-2-3-8-15(14)21(17)11-16(22)19-10-12-5-4-6-13(18)9-12/h2-9H,10-11H2,1H3,(H,19,22). The van der Waals surface area contributed by atoms with E-state index in [0.717, 1.165) is 11.8 Å². The van der Waals surface area contributed by atoms with E-state index < -0.39 is 9.84 Å². The molecule has 0 spiro atoms. The summed E-state index contributed by atoms with van der Waals surface area (Å²) in [6.45, 7) is 0.170. The third-order valence-electron chi connectivity index (χ3n) is 3.63. The van der Waals surface area contributed by atoms with E-state index in [2.05, 4.69) is 10.3 Å². The number of aromatic nitrogens is 2. The second-order valence-corrected chi connectivity index (χ2v) is 7.99. The maximum atomic E-state index is 12.3. The number of nitrogens with one attached hydrogen (secondary N) is 1. The lowest BCUT2D eigenvalue weighted by Gasteiger charge is -2.09. The number of carbonyl (C=O) groups is 1. The molecule has 0 aliphatic heterocycles. The molecule has 6 nitrogen and oxygen atoms in total. The molecule has 1 N–H and O–H groups in total. The van der Waals surface area contributed by atoms with Crippen LogP contribution in [0, 0.1) is 0 Å². The molecule has 0 fully saturated rings. The number of carbonyl (C=O) groups excluding carboxylic acids is 1. The summed E-state index contributed by atoms with van der Waals surface area (Å²) in [5, 5.41) is 3.24. The van der Waals surface area contributed by atoms with Crippen LogP contribution >= 0.6 is 11.6 Å². The molecule has 0 saturated carbocycles. The molecule has 8 heteroatoms. The van der Waals surface area contributed by atoms with Gasteiger partial charge in [0.1, 0.15) is 6.54 Å². The molecular weight excluding hydrogens is 362 g/mol. The second-order valence-electron chi connectivity index (χ2n) is 5.65. The number of halogens is 1. The molecule has 0 atom stereocenters. The normalized spacial score (nSPS) is 11.6. The molecule has 3 aromatic rings. The lowest BCUT2D eigenvalue weighted by atomic mass is 10.2. The van der Waals surface area contributed by atoms with Gasteiger partial charge in [-0.1, -0.05) is 35.9 Å². The molecule has 1 amide bonds. The van der Waals surface area contributed by atoms with Crippen molar-refractivity contribution in [3.8, 4) is 0 Å². The molecule has 0 aliphatic rings. The quantitative estimate of drug-likeness (QED) is 0.740. The Hall–Kier alpha value is -2.38. The number of imidazole rings is 1. The van der Waals surface area contributed by atoms with Gasteiger partial charge in [-0.25, -0.2) is 13.4 Å². The molecule has 130 valence electrons. The number of benzene rings is 2. The van der Waals surface area contributed by atoms with Crippen LogP contribution in [0.1, 0.15) is 5.56 Å². The molecule has 0 radical (unpaired) electrons. The van der Waals surface area contributed by atoms with Crippen LogP contribution < -0.4 is 5.32 Å². The summed E-state index contributed by atoms with van der Waals surface area (Å²) >= 11 is 5.92. The fourth-order valence-electron chi connectivity index (χ4n) is 2.54. The monoisotopic (exact) mass is 377 g/mol. The van der Waals surface area contributed by atoms with Crippen LogP contribution in [0.2, 0.25) is 5.02 Å². The van der Waals surface area contributed by atoms with E-state index in [0.29, 0.717) is 22.6 Å². The van der Waals surface area contributed by atoms with Crippen molar-refractivity contribution in [2.75, 3.05) is 6.26 Å². The lowest BCUT2D eigenvalue weighted by Crippen LogP contribution is -2.28. The third kappa shape index (κ3) is 4.00. The number of para-hydroxylation sites is 2. The molecule has 0 saturated heterocycles. The maximum Gasteiger partial charge on any atom is 0.240 e. The molecular formula is C17H16ClN3O3S. The Morgan fingerprint density at radius 3 is 2.68 bits per heavy atom. The molecule has 0 bridgehead atoms. The minimum Gasteiger partial charge on any atom is -0.350 e. The van der Waals surface area contributed by atoms with Gasteiger partial charge in [-0.3, -0.25) is 4.79 Å². The predicted octanol–water partition coefficient (Wildman–Crippen LogP) is 2.41. The van der Waals surface area contributed by atoms with Crippen molar-refractivity contribution >= 4 is 38.4 Å². The molecule has 1 heterocycles. The van der Waals surface area contributed by atoms with Gasteiger partial charge < -0.3 is 9.88 Å². The van der Waals surface area contributed by atoms with Gasteiger partial charge in [0.25, 0.3) is 0 Å². The van der Waals surface area contributed by atoms with Crippen LogP contribution in [0.15, 0.2) is 53.7 Å². The second kappa shape index (κ2) is 6.85. The zero-order valence-electron chi connectivity index (χ0n) is 13.4. The molecule has 25 heavy (non-hydrogen) atoms. The Balaban J connectivity index is 1.83. The number of amides is 1. The molecule has 0 unspecified atom stereocenters. The first-order valence-electron chi connectivity index (χ1n) is 7.51. The number of sulfone groups is 1. The summed E-state index contributed by atoms with van der Waals surface area (Å²) in [6.07, 6.45) is 1.08. The van der Waals surface area contributed by atoms with Gasteiger partial charge in [0.2, 0.25) is 20.9 Å². The first kappa shape index (κ1) is 17.4. The lowest BCUT2D eigenvalue weighted by molar-refractivity contribution is -0.121. The molecule has 1 aromatic heterocycles. The number of nitrogens with zero attached hydrogens (tertiary/aromatic N) is 2. The van der Waals surface area contributed by atoms with E-state index in [1.165, 1.54) is 4.57 Å². The highest BCUT2D eigenvalue weighted by Gasteiger charge is 2.20. The number of hydrogen-bond donors (Lipinski definition) is 1. The average molecular weight is 378 g/mol. The van der Waals surface area contributed by atoms with Crippen LogP contribution in [0.4, 0.5) is 0 Å². The van der Waals surface area contributed by atoms with Crippen LogP contribution in [0.3, 0.4) is 0 Å². The molecule has 3 rings (SSSR count). The number of hydrogen-bond acceptors (Lipinski definition) is 4. The van der Waals surface area contributed by atoms with Crippen LogP contribution in [-0.4, -0.2) is 30.1 Å². The smallest absolute Gasteiger partial charge is 0.240 e. The minimum absolute atomic E-state index is 0.119. The largest absolute Gasteiger partial charge is 0.350 e. The fourth-order valence-corrected chi connectivity index (χ4v) is 3.58. The highest BCUT2D eigenvalue weighted by Crippen LogP contribution is 2.19. The summed E-state index contributed by atoms with van der Waals surface area (Å²) < 4.78 is 25.4. The maximum absolute atomic E-state index is 12.3. The Kier molecular flexibility index (Phi) is 4.78. The van der Waals surface area contributed by atoms with Crippen molar-refractivity contribution in [1.29, 1.82) is 0 Å². The Morgan fingerprint density at radius 2 is 1.96 bits per heavy atom. The van der Waals surface area contributed by atoms with Gasteiger partial charge in [-0.05, 0) is 29.8 Å². The average Bonchev–Trinajstić information content (AvgIpc) is 2.92. The van der Waals surface area contributed by atoms with E-state index in [-0.39, 0.29) is 17.6 Å². The minimum atomic E-state index is -3.56. The van der Waals surface area contributed by atoms with Crippen molar-refractivity contribution in [1.82, 2.24) is 14.9 Å². The van der Waals surface area contributed by atoms with E-state index in [1.54, 1.807) is 42.5 Å². The summed E-state index contributed by atoms with van der Waals surface area (Å²) in [6, 6.07) is 14.2. The van der Waals surface area contributed by atoms with Crippen LogP contribution in [-0.2, 0) is 27.7 Å². The van der Waals surface area contributed by atoms with Crippen molar-refractivity contribution in [2.45, 2.75) is 18.2 Å². The third-order valence-corrected chi connectivity index (χ3v) is 4.84. The van der Waals surface area contributed by atoms with Crippen molar-refractivity contribution in [3.63, 3.8) is 0 Å². The summed E-state index contributed by atoms with van der Waals surface area (Å²) in [7, 11) is -3.56. The van der Waals surface area contributed by atoms with Crippen molar-refractivity contribution < 1.29 is 13.2 Å². The highest BCUT2D eigenvalue weighted by molar-refractivity contribution is 7.90. The van der Waals surface area contributed by atoms with Gasteiger partial charge in [0.05, 0.1) is 11.0 Å². The van der Waals surface area contributed by atoms with E-state index in [4.69, 9.17) is 11.6 Å². The SMILES string of the molecule is CS(=O)(=O)c1nc2ccccc2n1CC(=O)NCc1cccc(Cl)c1. The number of rotatable bonds is 5. The van der Waals surface area contributed by atoms with Gasteiger partial charge in [-0.15, -0.1) is 0 Å². The first-order valence-corrected chi connectivity index (χ1v) is 9.78. The predicted molar refractivity (Wildman–Crippen MR) is 96.1 cm³/mol. The highest BCUT2D eigenvalue weighted by atomic mass is 35.5. The van der Waals surface area contributed by atoms with Crippen molar-refractivity contribution in [2.24, 2.45) is 0 Å². The fraction of sp³-hybridized carbons (Fsp3) is 0.176. The zero-order valence-corrected chi connectivity index (χ0v) is 15.0. The van der Waals surface area contributed by atoms with Crippen LogP contribution in [0.25, 0.3) is 11.0 Å². The summed E-state index contributed by atoms with van der Waals surface area (Å²) in [5.41, 5.74) is 1.99. The summed E-state index contributed by atoms with van der Waals surface area (Å²) in [5.74, 6) is -0.312.